The Hall–Kier alpha value is -0.805. The zero-order valence-electron chi connectivity index (χ0n) is 9.52. The lowest BCUT2D eigenvalue weighted by atomic mass is 9.81. The number of fused-ring (bicyclic) bond motifs is 1. The Kier molecular flexibility index (Phi) is 1.55. The van der Waals surface area contributed by atoms with Crippen molar-refractivity contribution >= 4 is 12.6 Å². The van der Waals surface area contributed by atoms with Crippen LogP contribution in [0.25, 0.3) is 0 Å². The van der Waals surface area contributed by atoms with Crippen molar-refractivity contribution in [1.82, 2.24) is 9.78 Å². The standard InChI is InChI=1S/C10H15BN2O2/c1-7-9(2)10(7,3)15-11(14-9)8-5-12-13(4)6-8/h5-7H,1-4H3. The van der Waals surface area contributed by atoms with Gasteiger partial charge in [-0.2, -0.15) is 5.10 Å². The molecule has 1 aromatic rings. The van der Waals surface area contributed by atoms with Gasteiger partial charge in [-0.25, -0.2) is 0 Å². The minimum atomic E-state index is -0.245. The van der Waals surface area contributed by atoms with Crippen LogP contribution in [0.4, 0.5) is 0 Å². The van der Waals surface area contributed by atoms with Gasteiger partial charge >= 0.3 is 7.12 Å². The fraction of sp³-hybridized carbons (Fsp3) is 0.700. The van der Waals surface area contributed by atoms with E-state index in [1.54, 1.807) is 10.9 Å². The number of hydrogen-bond acceptors (Lipinski definition) is 3. The molecule has 0 aromatic carbocycles. The highest BCUT2D eigenvalue weighted by Gasteiger charge is 2.77. The minimum Gasteiger partial charge on any atom is -0.399 e. The summed E-state index contributed by atoms with van der Waals surface area (Å²) in [7, 11) is 1.65. The molecule has 15 heavy (non-hydrogen) atoms. The Labute approximate surface area is 89.7 Å². The topological polar surface area (TPSA) is 36.3 Å². The van der Waals surface area contributed by atoms with E-state index >= 15 is 0 Å². The molecule has 0 amide bonds. The second kappa shape index (κ2) is 2.47. The summed E-state index contributed by atoms with van der Waals surface area (Å²) in [6.07, 6.45) is 3.74. The van der Waals surface area contributed by atoms with Gasteiger partial charge in [0.2, 0.25) is 0 Å². The molecule has 2 atom stereocenters. The van der Waals surface area contributed by atoms with Crippen LogP contribution in [0.2, 0.25) is 0 Å². The molecule has 0 radical (unpaired) electrons. The van der Waals surface area contributed by atoms with Gasteiger partial charge in [-0.05, 0) is 13.8 Å². The molecule has 0 spiro atoms. The lowest BCUT2D eigenvalue weighted by Crippen LogP contribution is -2.36. The first kappa shape index (κ1) is 9.42. The molecule has 4 nitrogen and oxygen atoms in total. The van der Waals surface area contributed by atoms with Gasteiger partial charge in [-0.1, -0.05) is 6.92 Å². The molecule has 2 aliphatic rings. The van der Waals surface area contributed by atoms with Crippen LogP contribution < -0.4 is 5.46 Å². The highest BCUT2D eigenvalue weighted by atomic mass is 16.7. The van der Waals surface area contributed by atoms with Crippen LogP contribution in [0.3, 0.4) is 0 Å². The van der Waals surface area contributed by atoms with Gasteiger partial charge < -0.3 is 9.31 Å². The minimum absolute atomic E-state index is 0.118. The molecular formula is C10H15BN2O2. The summed E-state index contributed by atoms with van der Waals surface area (Å²) >= 11 is 0. The van der Waals surface area contributed by atoms with E-state index in [2.05, 4.69) is 25.9 Å². The average Bonchev–Trinajstić information content (AvgIpc) is 2.63. The molecule has 5 heteroatoms. The lowest BCUT2D eigenvalue weighted by Gasteiger charge is -2.11. The summed E-state index contributed by atoms with van der Waals surface area (Å²) in [5, 5.41) is 4.12. The maximum atomic E-state index is 5.96. The summed E-state index contributed by atoms with van der Waals surface area (Å²) in [5.41, 5.74) is 0.764. The number of hydrogen-bond donors (Lipinski definition) is 0. The number of rotatable bonds is 1. The van der Waals surface area contributed by atoms with Crippen LogP contribution in [0.1, 0.15) is 20.8 Å². The number of nitrogens with zero attached hydrogens (tertiary/aromatic N) is 2. The summed E-state index contributed by atoms with van der Waals surface area (Å²) < 4.78 is 13.7. The Morgan fingerprint density at radius 3 is 2.47 bits per heavy atom. The van der Waals surface area contributed by atoms with Crippen molar-refractivity contribution in [2.75, 3.05) is 0 Å². The van der Waals surface area contributed by atoms with E-state index in [0.29, 0.717) is 5.92 Å². The van der Waals surface area contributed by atoms with Crippen molar-refractivity contribution < 1.29 is 9.31 Å². The highest BCUT2D eigenvalue weighted by molar-refractivity contribution is 6.62. The maximum absolute atomic E-state index is 5.96. The molecule has 1 saturated heterocycles. The van der Waals surface area contributed by atoms with E-state index in [0.717, 1.165) is 5.46 Å². The molecule has 2 heterocycles. The third-order valence-electron chi connectivity index (χ3n) is 4.26. The van der Waals surface area contributed by atoms with Crippen LogP contribution in [0, 0.1) is 5.92 Å². The van der Waals surface area contributed by atoms with Crippen molar-refractivity contribution in [1.29, 1.82) is 0 Å². The molecule has 1 aromatic heterocycles. The van der Waals surface area contributed by atoms with Gasteiger partial charge in [0.15, 0.2) is 0 Å². The molecule has 2 unspecified atom stereocenters. The first-order valence-corrected chi connectivity index (χ1v) is 5.31. The zero-order valence-corrected chi connectivity index (χ0v) is 9.52. The first-order valence-electron chi connectivity index (χ1n) is 5.31. The molecule has 0 bridgehead atoms. The normalized spacial score (nSPS) is 43.2. The number of aryl methyl sites for hydroxylation is 1. The van der Waals surface area contributed by atoms with Crippen LogP contribution in [-0.4, -0.2) is 28.1 Å². The Morgan fingerprint density at radius 1 is 1.40 bits per heavy atom. The number of aromatic nitrogens is 2. The Balaban J connectivity index is 1.85. The molecule has 2 fully saturated rings. The lowest BCUT2D eigenvalue weighted by molar-refractivity contribution is 0.187. The summed E-state index contributed by atoms with van der Waals surface area (Å²) in [4.78, 5) is 0. The third-order valence-corrected chi connectivity index (χ3v) is 4.26. The zero-order chi connectivity index (χ0) is 10.8. The molecule has 1 saturated carbocycles. The summed E-state index contributed by atoms with van der Waals surface area (Å²) in [6, 6.07) is 0. The van der Waals surface area contributed by atoms with Crippen molar-refractivity contribution in [2.24, 2.45) is 13.0 Å². The van der Waals surface area contributed by atoms with Gasteiger partial charge in [0, 0.05) is 30.8 Å². The van der Waals surface area contributed by atoms with E-state index in [9.17, 15) is 0 Å². The average molecular weight is 206 g/mol. The van der Waals surface area contributed by atoms with Gasteiger partial charge in [-0.3, -0.25) is 4.68 Å². The van der Waals surface area contributed by atoms with Gasteiger partial charge in [-0.15, -0.1) is 0 Å². The van der Waals surface area contributed by atoms with E-state index in [1.165, 1.54) is 0 Å². The van der Waals surface area contributed by atoms with Gasteiger partial charge in [0.05, 0.1) is 11.2 Å². The molecule has 0 N–H and O–H groups in total. The molecule has 1 aliphatic carbocycles. The summed E-state index contributed by atoms with van der Waals surface area (Å²) in [6.45, 7) is 6.40. The molecule has 80 valence electrons. The monoisotopic (exact) mass is 206 g/mol. The molecular weight excluding hydrogens is 191 g/mol. The third kappa shape index (κ3) is 0.974. The SMILES string of the molecule is CC1C2(C)OB(c3cnn(C)c3)OC12C. The predicted octanol–water partition coefficient (Wildman–Crippen LogP) is 0.329. The fourth-order valence-corrected chi connectivity index (χ4v) is 2.58. The largest absolute Gasteiger partial charge is 0.498 e. The van der Waals surface area contributed by atoms with Crippen molar-refractivity contribution in [3.63, 3.8) is 0 Å². The van der Waals surface area contributed by atoms with E-state index in [-0.39, 0.29) is 18.3 Å². The first-order chi connectivity index (χ1) is 6.97. The summed E-state index contributed by atoms with van der Waals surface area (Å²) in [5.74, 6) is 0.470. The van der Waals surface area contributed by atoms with E-state index in [1.807, 2.05) is 13.2 Å². The van der Waals surface area contributed by atoms with Crippen molar-refractivity contribution in [3.05, 3.63) is 12.4 Å². The molecule has 3 rings (SSSR count). The van der Waals surface area contributed by atoms with Gasteiger partial charge in [0.25, 0.3) is 0 Å². The van der Waals surface area contributed by atoms with Crippen LogP contribution in [-0.2, 0) is 16.4 Å². The van der Waals surface area contributed by atoms with Crippen molar-refractivity contribution in [3.8, 4) is 0 Å². The smallest absolute Gasteiger partial charge is 0.399 e. The maximum Gasteiger partial charge on any atom is 0.498 e. The fourth-order valence-electron chi connectivity index (χ4n) is 2.58. The second-order valence-electron chi connectivity index (χ2n) is 4.95. The quantitative estimate of drug-likeness (QED) is 0.621. The Morgan fingerprint density at radius 2 is 2.00 bits per heavy atom. The van der Waals surface area contributed by atoms with Crippen LogP contribution in [0.5, 0.6) is 0 Å². The van der Waals surface area contributed by atoms with Crippen molar-refractivity contribution in [2.45, 2.75) is 32.0 Å². The van der Waals surface area contributed by atoms with Crippen LogP contribution >= 0.6 is 0 Å². The van der Waals surface area contributed by atoms with E-state index in [4.69, 9.17) is 9.31 Å². The van der Waals surface area contributed by atoms with E-state index < -0.39 is 0 Å². The van der Waals surface area contributed by atoms with Crippen LogP contribution in [0.15, 0.2) is 12.4 Å². The van der Waals surface area contributed by atoms with Gasteiger partial charge in [0.1, 0.15) is 0 Å². The highest BCUT2D eigenvalue weighted by Crippen LogP contribution is 2.63. The molecule has 1 aliphatic heterocycles. The Bertz CT molecular complexity index is 403. The predicted molar refractivity (Wildman–Crippen MR) is 56.7 cm³/mol. The second-order valence-corrected chi connectivity index (χ2v) is 4.95.